The molecule has 3 aromatic rings. The number of nitrogens with zero attached hydrogens (tertiary/aromatic N) is 2. The third-order valence-electron chi connectivity index (χ3n) is 3.35. The van der Waals surface area contributed by atoms with Crippen LogP contribution in [0.25, 0.3) is 16.3 Å². The van der Waals surface area contributed by atoms with Crippen molar-refractivity contribution in [2.24, 2.45) is 4.99 Å². The van der Waals surface area contributed by atoms with Crippen LogP contribution in [-0.2, 0) is 16.1 Å². The number of carbonyl (C=O) groups excluding carboxylic acids is 1. The van der Waals surface area contributed by atoms with Gasteiger partial charge in [-0.1, -0.05) is 17.4 Å². The van der Waals surface area contributed by atoms with Crippen molar-refractivity contribution in [3.8, 4) is 0 Å². The third-order valence-corrected chi connectivity index (χ3v) is 5.22. The zero-order valence-electron chi connectivity index (χ0n) is 13.2. The Balaban J connectivity index is 2.04. The second-order valence-electron chi connectivity index (χ2n) is 5.06. The molecule has 0 spiro atoms. The molecule has 3 rings (SSSR count). The number of methoxy groups -OCH3 is 1. The largest absolute Gasteiger partial charge is 0.383 e. The number of ether oxygens (including phenoxy) is 1. The van der Waals surface area contributed by atoms with Gasteiger partial charge in [0.05, 0.1) is 16.8 Å². The molecule has 0 unspecified atom stereocenters. The lowest BCUT2D eigenvalue weighted by molar-refractivity contribution is -0.113. The van der Waals surface area contributed by atoms with Crippen LogP contribution in [0, 0.1) is 11.6 Å². The van der Waals surface area contributed by atoms with Crippen LogP contribution in [-0.4, -0.2) is 24.2 Å². The Bertz CT molecular complexity index is 988. The van der Waals surface area contributed by atoms with Crippen molar-refractivity contribution in [2.75, 3.05) is 13.7 Å². The lowest BCUT2D eigenvalue weighted by Gasteiger charge is -2.04. The summed E-state index contributed by atoms with van der Waals surface area (Å²) >= 11 is 2.56. The summed E-state index contributed by atoms with van der Waals surface area (Å²) in [6.07, 6.45) is 3.03. The molecular weight excluding hydrogens is 366 g/mol. The van der Waals surface area contributed by atoms with Crippen LogP contribution < -0.4 is 4.80 Å². The summed E-state index contributed by atoms with van der Waals surface area (Å²) in [6.45, 7) is 0.620. The number of aromatic nitrogens is 1. The summed E-state index contributed by atoms with van der Waals surface area (Å²) in [5.41, 5.74) is 0.220. The van der Waals surface area contributed by atoms with Gasteiger partial charge in [0.1, 0.15) is 5.82 Å². The molecule has 2 aromatic heterocycles. The minimum Gasteiger partial charge on any atom is -0.383 e. The highest BCUT2D eigenvalue weighted by molar-refractivity contribution is 7.16. The van der Waals surface area contributed by atoms with Gasteiger partial charge in [-0.15, -0.1) is 11.3 Å². The molecule has 0 radical (unpaired) electrons. The monoisotopic (exact) mass is 380 g/mol. The van der Waals surface area contributed by atoms with Crippen molar-refractivity contribution in [2.45, 2.75) is 6.54 Å². The summed E-state index contributed by atoms with van der Waals surface area (Å²) < 4.78 is 34.6. The minimum atomic E-state index is -0.689. The van der Waals surface area contributed by atoms with Gasteiger partial charge in [-0.05, 0) is 23.6 Å². The predicted molar refractivity (Wildman–Crippen MR) is 95.5 cm³/mol. The lowest BCUT2D eigenvalue weighted by atomic mass is 10.3. The number of rotatable bonds is 5. The molecule has 0 fully saturated rings. The van der Waals surface area contributed by atoms with Gasteiger partial charge in [0.15, 0.2) is 10.6 Å². The maximum absolute atomic E-state index is 14.2. The Morgan fingerprint density at radius 3 is 2.96 bits per heavy atom. The minimum absolute atomic E-state index is 0.220. The summed E-state index contributed by atoms with van der Waals surface area (Å²) in [6, 6.07) is 5.82. The molecular formula is C17H14F2N2O2S2. The Kier molecular flexibility index (Phi) is 5.52. The van der Waals surface area contributed by atoms with Gasteiger partial charge in [0.25, 0.3) is 5.91 Å². The lowest BCUT2D eigenvalue weighted by Crippen LogP contribution is -2.19. The number of thiazole rings is 1. The Morgan fingerprint density at radius 1 is 1.40 bits per heavy atom. The molecule has 2 heterocycles. The highest BCUT2D eigenvalue weighted by atomic mass is 32.1. The zero-order chi connectivity index (χ0) is 17.8. The van der Waals surface area contributed by atoms with Crippen LogP contribution in [0.5, 0.6) is 0 Å². The summed E-state index contributed by atoms with van der Waals surface area (Å²) in [5.74, 6) is -1.82. The van der Waals surface area contributed by atoms with E-state index in [-0.39, 0.29) is 5.52 Å². The van der Waals surface area contributed by atoms with E-state index in [9.17, 15) is 13.6 Å². The molecule has 1 aromatic carbocycles. The number of amides is 1. The molecule has 0 aliphatic heterocycles. The van der Waals surface area contributed by atoms with Gasteiger partial charge in [0.2, 0.25) is 0 Å². The molecule has 8 heteroatoms. The van der Waals surface area contributed by atoms with E-state index in [2.05, 4.69) is 4.99 Å². The van der Waals surface area contributed by atoms with E-state index >= 15 is 0 Å². The van der Waals surface area contributed by atoms with E-state index in [4.69, 9.17) is 4.74 Å². The van der Waals surface area contributed by atoms with Crippen molar-refractivity contribution in [3.05, 3.63) is 57.0 Å². The predicted octanol–water partition coefficient (Wildman–Crippen LogP) is 3.83. The molecule has 25 heavy (non-hydrogen) atoms. The second-order valence-corrected chi connectivity index (χ2v) is 7.05. The van der Waals surface area contributed by atoms with Crippen LogP contribution >= 0.6 is 22.7 Å². The average molecular weight is 380 g/mol. The molecule has 0 aliphatic rings. The number of fused-ring (bicyclic) bond motifs is 1. The van der Waals surface area contributed by atoms with E-state index in [0.29, 0.717) is 22.7 Å². The maximum atomic E-state index is 14.2. The number of halogens is 2. The standard InChI is InChI=1S/C17H14F2N2O2S2/c1-23-7-6-21-16-13(19)9-11(18)10-14(16)25-17(21)20-15(22)5-4-12-3-2-8-24-12/h2-5,8-10H,6-7H2,1H3. The van der Waals surface area contributed by atoms with Gasteiger partial charge >= 0.3 is 0 Å². The van der Waals surface area contributed by atoms with Gasteiger partial charge in [0, 0.05) is 30.7 Å². The fourth-order valence-corrected chi connectivity index (χ4v) is 3.99. The molecule has 0 saturated carbocycles. The number of carbonyl (C=O) groups is 1. The number of benzene rings is 1. The Labute approximate surface area is 150 Å². The van der Waals surface area contributed by atoms with Crippen LogP contribution in [0.1, 0.15) is 4.88 Å². The van der Waals surface area contributed by atoms with Crippen molar-refractivity contribution >= 4 is 44.9 Å². The molecule has 130 valence electrons. The molecule has 0 atom stereocenters. The topological polar surface area (TPSA) is 43.6 Å². The Hall–Kier alpha value is -2.16. The molecule has 0 saturated heterocycles. The molecule has 0 bridgehead atoms. The smallest absolute Gasteiger partial charge is 0.272 e. The highest BCUT2D eigenvalue weighted by Crippen LogP contribution is 2.22. The Morgan fingerprint density at radius 2 is 2.24 bits per heavy atom. The van der Waals surface area contributed by atoms with Crippen LogP contribution in [0.3, 0.4) is 0 Å². The SMILES string of the molecule is COCCn1c(=NC(=O)C=Cc2cccs2)sc2cc(F)cc(F)c21. The van der Waals surface area contributed by atoms with Crippen LogP contribution in [0.4, 0.5) is 8.78 Å². The first-order valence-corrected chi connectivity index (χ1v) is 9.05. The fourth-order valence-electron chi connectivity index (χ4n) is 2.28. The molecule has 1 amide bonds. The molecule has 4 nitrogen and oxygen atoms in total. The van der Waals surface area contributed by atoms with Crippen LogP contribution in [0.2, 0.25) is 0 Å². The van der Waals surface area contributed by atoms with Gasteiger partial charge in [-0.3, -0.25) is 4.79 Å². The van der Waals surface area contributed by atoms with E-state index in [1.807, 2.05) is 17.5 Å². The summed E-state index contributed by atoms with van der Waals surface area (Å²) in [7, 11) is 1.52. The van der Waals surface area contributed by atoms with E-state index in [1.165, 1.54) is 35.2 Å². The van der Waals surface area contributed by atoms with Gasteiger partial charge < -0.3 is 9.30 Å². The number of hydrogen-bond acceptors (Lipinski definition) is 4. The van der Waals surface area contributed by atoms with E-state index < -0.39 is 17.5 Å². The number of hydrogen-bond donors (Lipinski definition) is 0. The van der Waals surface area contributed by atoms with E-state index in [1.54, 1.807) is 6.08 Å². The molecule has 0 N–H and O–H groups in total. The quantitative estimate of drug-likeness (QED) is 0.632. The molecule has 0 aliphatic carbocycles. The first-order chi connectivity index (χ1) is 12.1. The first kappa shape index (κ1) is 17.7. The number of thiophene rings is 1. The van der Waals surface area contributed by atoms with E-state index in [0.717, 1.165) is 22.3 Å². The fraction of sp³-hybridized carbons (Fsp3) is 0.176. The summed E-state index contributed by atoms with van der Waals surface area (Å²) in [4.78, 5) is 17.4. The first-order valence-electron chi connectivity index (χ1n) is 7.36. The maximum Gasteiger partial charge on any atom is 0.272 e. The zero-order valence-corrected chi connectivity index (χ0v) is 14.9. The second kappa shape index (κ2) is 7.81. The van der Waals surface area contributed by atoms with Crippen molar-refractivity contribution in [1.29, 1.82) is 0 Å². The van der Waals surface area contributed by atoms with Gasteiger partial charge in [-0.25, -0.2) is 8.78 Å². The van der Waals surface area contributed by atoms with Gasteiger partial charge in [-0.2, -0.15) is 4.99 Å². The van der Waals surface area contributed by atoms with Crippen LogP contribution in [0.15, 0.2) is 40.7 Å². The van der Waals surface area contributed by atoms with Crippen molar-refractivity contribution < 1.29 is 18.3 Å². The normalized spacial score (nSPS) is 12.5. The van der Waals surface area contributed by atoms with Crippen molar-refractivity contribution in [1.82, 2.24) is 4.57 Å². The summed E-state index contributed by atoms with van der Waals surface area (Å²) in [5, 5.41) is 1.91. The third kappa shape index (κ3) is 4.09. The highest BCUT2D eigenvalue weighted by Gasteiger charge is 2.13. The van der Waals surface area contributed by atoms with Crippen molar-refractivity contribution in [3.63, 3.8) is 0 Å². The average Bonchev–Trinajstić information content (AvgIpc) is 3.18.